The fraction of sp³-hybridized carbons (Fsp3) is 0.176. The van der Waals surface area contributed by atoms with Gasteiger partial charge in [-0.15, -0.1) is 0 Å². The van der Waals surface area contributed by atoms with Crippen LogP contribution in [0.1, 0.15) is 15.9 Å². The van der Waals surface area contributed by atoms with Gasteiger partial charge in [0.2, 0.25) is 0 Å². The van der Waals surface area contributed by atoms with Crippen LogP contribution in [0.15, 0.2) is 36.4 Å². The van der Waals surface area contributed by atoms with Crippen LogP contribution >= 0.6 is 0 Å². The van der Waals surface area contributed by atoms with Crippen molar-refractivity contribution >= 4 is 17.6 Å². The van der Waals surface area contributed by atoms with Crippen LogP contribution in [0.5, 0.6) is 5.75 Å². The number of methoxy groups -OCH3 is 1. The molecule has 2 rings (SSSR count). The molecule has 0 bridgehead atoms. The zero-order valence-corrected chi connectivity index (χ0v) is 13.1. The summed E-state index contributed by atoms with van der Waals surface area (Å²) in [6.45, 7) is 1.13. The number of rotatable bonds is 5. The summed E-state index contributed by atoms with van der Waals surface area (Å²) in [6.07, 6.45) is 0. The van der Waals surface area contributed by atoms with E-state index in [0.29, 0.717) is 5.75 Å². The third-order valence-electron chi connectivity index (χ3n) is 3.21. The smallest absolute Gasteiger partial charge is 0.338 e. The molecule has 5 nitrogen and oxygen atoms in total. The number of para-hydroxylation sites is 1. The lowest BCUT2D eigenvalue weighted by Crippen LogP contribution is -2.22. The number of carbonyl (C=O) groups is 2. The molecule has 0 spiro atoms. The molecule has 24 heavy (non-hydrogen) atoms. The first-order chi connectivity index (χ1) is 11.4. The van der Waals surface area contributed by atoms with E-state index in [2.05, 4.69) is 0 Å². The lowest BCUT2D eigenvalue weighted by molar-refractivity contribution is -0.119. The molecule has 1 amide bonds. The number of amides is 1. The normalized spacial score (nSPS) is 10.2. The molecular weight excluding hydrogens is 320 g/mol. The molecule has 0 aliphatic carbocycles. The number of carbonyl (C=O) groups excluding carboxylic acids is 2. The summed E-state index contributed by atoms with van der Waals surface area (Å²) in [5.74, 6) is -2.94. The molecule has 2 aromatic carbocycles. The summed E-state index contributed by atoms with van der Waals surface area (Å²) in [5, 5.41) is 2.03. The zero-order valence-electron chi connectivity index (χ0n) is 13.1. The minimum Gasteiger partial charge on any atom is -0.496 e. The first-order valence-electron chi connectivity index (χ1n) is 6.98. The number of hydrogen-bond acceptors (Lipinski definition) is 4. The average Bonchev–Trinajstić information content (AvgIpc) is 2.56. The highest BCUT2D eigenvalue weighted by molar-refractivity contribution is 5.95. The van der Waals surface area contributed by atoms with Gasteiger partial charge in [-0.1, -0.05) is 12.1 Å². The maximum Gasteiger partial charge on any atom is 0.338 e. The summed E-state index contributed by atoms with van der Waals surface area (Å²) < 4.78 is 36.8. The Balaban J connectivity index is 1.97. The fourth-order valence-corrected chi connectivity index (χ4v) is 1.95. The highest BCUT2D eigenvalue weighted by Gasteiger charge is 2.15. The van der Waals surface area contributed by atoms with Crippen molar-refractivity contribution < 1.29 is 27.8 Å². The number of aryl methyl sites for hydroxylation is 1. The van der Waals surface area contributed by atoms with Gasteiger partial charge >= 0.3 is 5.97 Å². The first kappa shape index (κ1) is 17.4. The molecular formula is C17H15F2NO4. The van der Waals surface area contributed by atoms with E-state index < -0.39 is 35.8 Å². The fourth-order valence-electron chi connectivity index (χ4n) is 1.95. The van der Waals surface area contributed by atoms with E-state index in [-0.39, 0.29) is 5.56 Å². The van der Waals surface area contributed by atoms with Crippen LogP contribution < -0.4 is 10.1 Å². The summed E-state index contributed by atoms with van der Waals surface area (Å²) in [7, 11) is 1.47. The van der Waals surface area contributed by atoms with Gasteiger partial charge in [-0.2, -0.15) is 0 Å². The van der Waals surface area contributed by atoms with Gasteiger partial charge in [-0.25, -0.2) is 13.6 Å². The SMILES string of the molecule is COc1cc(C(=O)OCC(=O)Nc2c(F)cccc2F)ccc1C. The number of esters is 1. The lowest BCUT2D eigenvalue weighted by Gasteiger charge is -2.09. The van der Waals surface area contributed by atoms with E-state index >= 15 is 0 Å². The predicted molar refractivity (Wildman–Crippen MR) is 83.0 cm³/mol. The van der Waals surface area contributed by atoms with E-state index in [1.165, 1.54) is 25.3 Å². The summed E-state index contributed by atoms with van der Waals surface area (Å²) in [5.41, 5.74) is 0.444. The first-order valence-corrected chi connectivity index (χ1v) is 6.98. The van der Waals surface area contributed by atoms with E-state index in [1.807, 2.05) is 12.2 Å². The molecule has 0 atom stereocenters. The molecule has 0 heterocycles. The van der Waals surface area contributed by atoms with Crippen molar-refractivity contribution in [3.63, 3.8) is 0 Å². The minimum absolute atomic E-state index is 0.197. The van der Waals surface area contributed by atoms with Gasteiger partial charge in [0.1, 0.15) is 23.1 Å². The number of anilines is 1. The largest absolute Gasteiger partial charge is 0.496 e. The molecule has 0 radical (unpaired) electrons. The van der Waals surface area contributed by atoms with Crippen molar-refractivity contribution in [3.05, 3.63) is 59.2 Å². The highest BCUT2D eigenvalue weighted by atomic mass is 19.1. The van der Waals surface area contributed by atoms with Gasteiger partial charge in [-0.05, 0) is 36.8 Å². The van der Waals surface area contributed by atoms with Crippen LogP contribution in [0.2, 0.25) is 0 Å². The maximum absolute atomic E-state index is 13.4. The number of halogens is 2. The van der Waals surface area contributed by atoms with Crippen molar-refractivity contribution in [2.45, 2.75) is 6.92 Å². The van der Waals surface area contributed by atoms with Crippen molar-refractivity contribution in [2.24, 2.45) is 0 Å². The van der Waals surface area contributed by atoms with Crippen molar-refractivity contribution in [2.75, 3.05) is 19.0 Å². The van der Waals surface area contributed by atoms with Gasteiger partial charge in [0, 0.05) is 0 Å². The van der Waals surface area contributed by atoms with Gasteiger partial charge in [0.05, 0.1) is 12.7 Å². The second-order valence-corrected chi connectivity index (χ2v) is 4.91. The predicted octanol–water partition coefficient (Wildman–Crippen LogP) is 3.08. The van der Waals surface area contributed by atoms with Crippen molar-refractivity contribution in [1.82, 2.24) is 0 Å². The molecule has 0 aliphatic rings. The third kappa shape index (κ3) is 4.07. The quantitative estimate of drug-likeness (QED) is 0.853. The second-order valence-electron chi connectivity index (χ2n) is 4.91. The Morgan fingerprint density at radius 3 is 2.42 bits per heavy atom. The summed E-state index contributed by atoms with van der Waals surface area (Å²) in [6, 6.07) is 7.85. The third-order valence-corrected chi connectivity index (χ3v) is 3.21. The van der Waals surface area contributed by atoms with Crippen LogP contribution in [-0.2, 0) is 9.53 Å². The molecule has 0 fully saturated rings. The van der Waals surface area contributed by atoms with Crippen LogP contribution in [-0.4, -0.2) is 25.6 Å². The van der Waals surface area contributed by atoms with Crippen LogP contribution in [0.3, 0.4) is 0 Å². The Morgan fingerprint density at radius 1 is 1.12 bits per heavy atom. The lowest BCUT2D eigenvalue weighted by atomic mass is 10.1. The van der Waals surface area contributed by atoms with Crippen molar-refractivity contribution in [3.8, 4) is 5.75 Å². The Morgan fingerprint density at radius 2 is 1.79 bits per heavy atom. The maximum atomic E-state index is 13.4. The number of nitrogens with one attached hydrogen (secondary N) is 1. The Bertz CT molecular complexity index is 757. The van der Waals surface area contributed by atoms with Gasteiger partial charge in [0.15, 0.2) is 6.61 Å². The molecule has 7 heteroatoms. The van der Waals surface area contributed by atoms with Gasteiger partial charge in [-0.3, -0.25) is 4.79 Å². The molecule has 0 aromatic heterocycles. The topological polar surface area (TPSA) is 64.6 Å². The van der Waals surface area contributed by atoms with Gasteiger partial charge in [0.25, 0.3) is 5.91 Å². The molecule has 0 aliphatic heterocycles. The number of hydrogen-bond donors (Lipinski definition) is 1. The van der Waals surface area contributed by atoms with Crippen LogP contribution in [0, 0.1) is 18.6 Å². The van der Waals surface area contributed by atoms with Crippen LogP contribution in [0.25, 0.3) is 0 Å². The zero-order chi connectivity index (χ0) is 17.7. The van der Waals surface area contributed by atoms with Crippen LogP contribution in [0.4, 0.5) is 14.5 Å². The van der Waals surface area contributed by atoms with Crippen molar-refractivity contribution in [1.29, 1.82) is 0 Å². The molecule has 1 N–H and O–H groups in total. The molecule has 2 aromatic rings. The number of ether oxygens (including phenoxy) is 2. The molecule has 0 saturated carbocycles. The Labute approximate surface area is 137 Å². The Hall–Kier alpha value is -2.96. The number of benzene rings is 2. The summed E-state index contributed by atoms with van der Waals surface area (Å²) >= 11 is 0. The van der Waals surface area contributed by atoms with E-state index in [1.54, 1.807) is 6.07 Å². The standard InChI is InChI=1S/C17H15F2NO4/c1-10-6-7-11(8-14(10)23-2)17(22)24-9-15(21)20-16-12(18)4-3-5-13(16)19/h3-8H,9H2,1-2H3,(H,20,21). The Kier molecular flexibility index (Phi) is 5.47. The molecule has 126 valence electrons. The second kappa shape index (κ2) is 7.54. The molecule has 0 saturated heterocycles. The van der Waals surface area contributed by atoms with E-state index in [9.17, 15) is 18.4 Å². The van der Waals surface area contributed by atoms with E-state index in [0.717, 1.165) is 17.7 Å². The molecule has 0 unspecified atom stereocenters. The summed E-state index contributed by atoms with van der Waals surface area (Å²) in [4.78, 5) is 23.6. The average molecular weight is 335 g/mol. The highest BCUT2D eigenvalue weighted by Crippen LogP contribution is 2.20. The van der Waals surface area contributed by atoms with Gasteiger partial charge < -0.3 is 14.8 Å². The van der Waals surface area contributed by atoms with E-state index in [4.69, 9.17) is 9.47 Å². The minimum atomic E-state index is -0.919. The monoisotopic (exact) mass is 335 g/mol.